The Balaban J connectivity index is 0.699. The molecule has 4 aromatic rings. The van der Waals surface area contributed by atoms with Gasteiger partial charge in [-0.3, -0.25) is 38.4 Å². The molecule has 98 heavy (non-hydrogen) atoms. The summed E-state index contributed by atoms with van der Waals surface area (Å²) in [6.45, 7) is 7.09. The van der Waals surface area contributed by atoms with Crippen molar-refractivity contribution < 1.29 is 38.4 Å². The first-order valence-corrected chi connectivity index (χ1v) is 37.4. The van der Waals surface area contributed by atoms with Crippen molar-refractivity contribution >= 4 is 47.1 Å². The van der Waals surface area contributed by atoms with E-state index in [-0.39, 0.29) is 71.1 Å². The zero-order valence-corrected chi connectivity index (χ0v) is 58.8. The van der Waals surface area contributed by atoms with Gasteiger partial charge in [-0.1, -0.05) is 193 Å². The van der Waals surface area contributed by atoms with E-state index in [0.717, 1.165) is 76.2 Å². The Labute approximate surface area is 582 Å². The third-order valence-corrected chi connectivity index (χ3v) is 22.1. The number of amides is 7. The molecule has 1 aliphatic carbocycles. The van der Waals surface area contributed by atoms with Crippen LogP contribution >= 0.6 is 0 Å². The van der Waals surface area contributed by atoms with Crippen molar-refractivity contribution in [3.63, 3.8) is 0 Å². The fraction of sp³-hybridized carbons (Fsp3) is 0.595. The van der Waals surface area contributed by atoms with E-state index < -0.39 is 48.3 Å². The summed E-state index contributed by atoms with van der Waals surface area (Å²) < 4.78 is 0. The molecule has 0 aromatic heterocycles. The molecule has 19 nitrogen and oxygen atoms in total. The summed E-state index contributed by atoms with van der Waals surface area (Å²) in [5.74, 6) is -0.887. The van der Waals surface area contributed by atoms with Gasteiger partial charge in [-0.2, -0.15) is 0 Å². The number of fused-ring (bicyclic) bond motifs is 2. The fourth-order valence-corrected chi connectivity index (χ4v) is 16.3. The standard InChI is InChI=1S/C79H113N11O8/c1-5-64(80-3)73(92)87-71-60(47-50-82-52-56-26-13-7-14-27-56)39-41-62-43-45-66(89(62)78(71)97)75(94)85-69(58-30-17-10-18-31-58)68(91)34-21-9-12-24-54-35-37-55(38-36-54)25-22-23-49-84-77(96)70(59-32-19-11-20-33-59)86-76(95)67-46-44-63-42-40-61(48-51-83-53-57-28-15-8-16-29-57)72(79(98)90(63)67)88-74(93)65(6-2)81-4/h7-8,10-11,13-20,26-33,54-55,60-67,69-72,80-83H,5-6,9,12,21-25,34-53H2,1-4H3,(H,84,96)(H,85,94)(H,86,95)(H,87,92)(H,88,93)/t54?,55?,60-,61-,62+,63+,64+,65+,66+,67+,69+,70+,71+,72+/m1/s1. The number of hydrogen-bond donors (Lipinski definition) is 9. The predicted molar refractivity (Wildman–Crippen MR) is 383 cm³/mol. The maximum atomic E-state index is 14.9. The second-order valence-corrected chi connectivity index (χ2v) is 28.5. The van der Waals surface area contributed by atoms with E-state index in [2.05, 4.69) is 72.1 Å². The molecule has 5 aliphatic rings. The van der Waals surface area contributed by atoms with Crippen LogP contribution in [0, 0.1) is 23.7 Å². The van der Waals surface area contributed by atoms with Crippen LogP contribution in [0.3, 0.4) is 0 Å². The van der Waals surface area contributed by atoms with Gasteiger partial charge in [0.15, 0.2) is 5.78 Å². The summed E-state index contributed by atoms with van der Waals surface area (Å²) in [6.07, 6.45) is 19.5. The molecule has 4 aromatic carbocycles. The summed E-state index contributed by atoms with van der Waals surface area (Å²) in [4.78, 5) is 118. The fourth-order valence-electron chi connectivity index (χ4n) is 16.3. The highest BCUT2D eigenvalue weighted by Gasteiger charge is 2.50. The minimum Gasteiger partial charge on any atom is -0.354 e. The number of hydrogen-bond acceptors (Lipinski definition) is 12. The van der Waals surface area contributed by atoms with Crippen molar-refractivity contribution in [1.29, 1.82) is 0 Å². The van der Waals surface area contributed by atoms with E-state index in [9.17, 15) is 38.4 Å². The topological polar surface area (TPSA) is 251 Å². The molecule has 4 saturated heterocycles. The lowest BCUT2D eigenvalue weighted by atomic mass is 9.78. The van der Waals surface area contributed by atoms with Crippen molar-refractivity contribution in [2.24, 2.45) is 23.7 Å². The second kappa shape index (κ2) is 38.9. The van der Waals surface area contributed by atoms with E-state index >= 15 is 0 Å². The van der Waals surface area contributed by atoms with Crippen LogP contribution in [0.1, 0.15) is 202 Å². The molecule has 12 atom stereocenters. The van der Waals surface area contributed by atoms with Crippen LogP contribution in [0.15, 0.2) is 121 Å². The molecule has 0 spiro atoms. The highest BCUT2D eigenvalue weighted by molar-refractivity contribution is 5.97. The Kier molecular flexibility index (Phi) is 29.7. The quantitative estimate of drug-likeness (QED) is 0.0192. The van der Waals surface area contributed by atoms with Gasteiger partial charge in [0.1, 0.15) is 36.3 Å². The van der Waals surface area contributed by atoms with Crippen LogP contribution in [-0.4, -0.2) is 139 Å². The van der Waals surface area contributed by atoms with Crippen LogP contribution < -0.4 is 47.9 Å². The lowest BCUT2D eigenvalue weighted by molar-refractivity contribution is -0.144. The van der Waals surface area contributed by atoms with Crippen LogP contribution in [-0.2, 0) is 51.4 Å². The van der Waals surface area contributed by atoms with Gasteiger partial charge in [0.25, 0.3) is 0 Å². The van der Waals surface area contributed by atoms with Gasteiger partial charge in [-0.05, 0) is 163 Å². The van der Waals surface area contributed by atoms with Gasteiger partial charge in [0, 0.05) is 38.1 Å². The molecule has 4 heterocycles. The smallest absolute Gasteiger partial charge is 0.247 e. The van der Waals surface area contributed by atoms with Gasteiger partial charge >= 0.3 is 0 Å². The van der Waals surface area contributed by atoms with Gasteiger partial charge in [-0.25, -0.2) is 0 Å². The summed E-state index contributed by atoms with van der Waals surface area (Å²) in [6, 6.07) is 33.0. The highest BCUT2D eigenvalue weighted by Crippen LogP contribution is 2.39. The third kappa shape index (κ3) is 20.9. The molecule has 7 amide bonds. The number of unbranched alkanes of at least 4 members (excludes halogenated alkanes) is 3. The zero-order chi connectivity index (χ0) is 69.2. The average Bonchev–Trinajstić information content (AvgIpc) is 1.63. The molecule has 9 rings (SSSR count). The van der Waals surface area contributed by atoms with Crippen molar-refractivity contribution in [1.82, 2.24) is 57.7 Å². The van der Waals surface area contributed by atoms with E-state index in [0.29, 0.717) is 108 Å². The Morgan fingerprint density at radius 1 is 0.439 bits per heavy atom. The van der Waals surface area contributed by atoms with E-state index in [1.54, 1.807) is 23.9 Å². The first kappa shape index (κ1) is 74.9. The zero-order valence-electron chi connectivity index (χ0n) is 58.8. The number of likely N-dealkylation sites (N-methyl/N-ethyl adjacent to an activating group) is 2. The maximum Gasteiger partial charge on any atom is 0.247 e. The number of ketones is 1. The lowest BCUT2D eigenvalue weighted by Gasteiger charge is -2.33. The highest BCUT2D eigenvalue weighted by atomic mass is 16.2. The SMILES string of the molecule is CC[C@H](NC)C(=O)N[C@@H]1C(=O)N2[C@@H](CC[C@@H]1CCNCc1ccccc1)CC[C@H]2C(=O)N[C@H](C(=O)CCCCCC1CCC(CCCCNC(=O)[C@@H](NC(=O)[C@@H]2CC[C@@H]3CC[C@H](CCNCc4ccccc4)[C@H](NC(=O)[C@H](CC)NC)C(=O)N32)c2ccccc2)CC1)c1ccccc1. The van der Waals surface area contributed by atoms with Crippen LogP contribution in [0.25, 0.3) is 0 Å². The summed E-state index contributed by atoms with van der Waals surface area (Å²) in [5.41, 5.74) is 3.73. The van der Waals surface area contributed by atoms with Gasteiger partial charge in [0.05, 0.1) is 12.1 Å². The van der Waals surface area contributed by atoms with Crippen LogP contribution in [0.2, 0.25) is 0 Å². The van der Waals surface area contributed by atoms with E-state index in [1.165, 1.54) is 36.8 Å². The number of carbonyl (C=O) groups is 8. The molecule has 9 N–H and O–H groups in total. The number of nitrogens with zero attached hydrogens (tertiary/aromatic N) is 2. The molecule has 5 fully saturated rings. The summed E-state index contributed by atoms with van der Waals surface area (Å²) >= 11 is 0. The van der Waals surface area contributed by atoms with Crippen LogP contribution in [0.5, 0.6) is 0 Å². The largest absolute Gasteiger partial charge is 0.354 e. The second-order valence-electron chi connectivity index (χ2n) is 28.5. The average molecular weight is 1340 g/mol. The van der Waals surface area contributed by atoms with Crippen molar-refractivity contribution in [2.45, 2.75) is 241 Å². The Bertz CT molecular complexity index is 2940. The molecule has 0 unspecified atom stereocenters. The van der Waals surface area contributed by atoms with Crippen molar-refractivity contribution in [3.05, 3.63) is 144 Å². The molecule has 1 saturated carbocycles. The Hall–Kier alpha value is -7.32. The molecular formula is C79H113N11O8. The summed E-state index contributed by atoms with van der Waals surface area (Å²) in [5, 5.41) is 28.9. The predicted octanol–water partition coefficient (Wildman–Crippen LogP) is 9.18. The molecule has 19 heteroatoms. The molecule has 0 radical (unpaired) electrons. The monoisotopic (exact) mass is 1340 g/mol. The Morgan fingerprint density at radius 3 is 1.29 bits per heavy atom. The lowest BCUT2D eigenvalue weighted by Crippen LogP contribution is -2.58. The summed E-state index contributed by atoms with van der Waals surface area (Å²) in [7, 11) is 3.49. The number of carbonyl (C=O) groups excluding carboxylic acids is 8. The first-order valence-electron chi connectivity index (χ1n) is 37.4. The van der Waals surface area contributed by atoms with E-state index in [1.807, 2.05) is 111 Å². The molecule has 532 valence electrons. The Morgan fingerprint density at radius 2 is 0.847 bits per heavy atom. The van der Waals surface area contributed by atoms with Gasteiger partial charge in [0.2, 0.25) is 41.4 Å². The van der Waals surface area contributed by atoms with Gasteiger partial charge < -0.3 is 57.7 Å². The van der Waals surface area contributed by atoms with Crippen molar-refractivity contribution in [2.75, 3.05) is 33.7 Å². The molecule has 4 aliphatic heterocycles. The minimum absolute atomic E-state index is 0.0410. The van der Waals surface area contributed by atoms with Crippen molar-refractivity contribution in [3.8, 4) is 0 Å². The first-order chi connectivity index (χ1) is 47.8. The van der Waals surface area contributed by atoms with Crippen LogP contribution in [0.4, 0.5) is 0 Å². The molecular weight excluding hydrogens is 1230 g/mol. The maximum absolute atomic E-state index is 14.9. The minimum atomic E-state index is -0.947. The number of Topliss-reactive ketones (excluding diaryl/α,β-unsaturated/α-hetero) is 1. The number of rotatable bonds is 37. The van der Waals surface area contributed by atoms with Gasteiger partial charge in [-0.15, -0.1) is 0 Å². The normalized spacial score (nSPS) is 24.4. The van der Waals surface area contributed by atoms with E-state index in [4.69, 9.17) is 0 Å². The third-order valence-electron chi connectivity index (χ3n) is 22.1. The molecule has 0 bridgehead atoms. The number of benzene rings is 4. The number of nitrogens with one attached hydrogen (secondary N) is 9.